The summed E-state index contributed by atoms with van der Waals surface area (Å²) in [6.45, 7) is 0. The molecule has 0 radical (unpaired) electrons. The Bertz CT molecular complexity index is 792. The predicted octanol–water partition coefficient (Wildman–Crippen LogP) is 5.44. The van der Waals surface area contributed by atoms with Crippen molar-refractivity contribution in [1.82, 2.24) is 9.97 Å². The van der Waals surface area contributed by atoms with Crippen molar-refractivity contribution in [3.05, 3.63) is 57.2 Å². The van der Waals surface area contributed by atoms with Gasteiger partial charge in [0.15, 0.2) is 0 Å². The van der Waals surface area contributed by atoms with Gasteiger partial charge in [-0.15, -0.1) is 0 Å². The van der Waals surface area contributed by atoms with Crippen LogP contribution in [0.25, 0.3) is 10.9 Å². The zero-order valence-electron chi connectivity index (χ0n) is 10.1. The van der Waals surface area contributed by atoms with Crippen LogP contribution in [0, 0.1) is 0 Å². The lowest BCUT2D eigenvalue weighted by Gasteiger charge is -2.11. The van der Waals surface area contributed by atoms with Gasteiger partial charge in [-0.2, -0.15) is 4.98 Å². The fourth-order valence-electron chi connectivity index (χ4n) is 1.87. The molecule has 6 heteroatoms. The number of aromatic nitrogens is 2. The number of hydrogen-bond acceptors (Lipinski definition) is 3. The number of para-hydroxylation sites is 1. The normalized spacial score (nSPS) is 10.8. The monoisotopic (exact) mass is 367 g/mol. The molecule has 0 aliphatic carbocycles. The number of rotatable bonds is 2. The molecule has 0 saturated carbocycles. The number of fused-ring (bicyclic) bond motifs is 1. The lowest BCUT2D eigenvalue weighted by molar-refractivity contribution is 1.22. The minimum absolute atomic E-state index is 0.198. The molecule has 0 spiro atoms. The standard InChI is InChI=1S/C14H8BrCl2N3/c15-12-9(16)5-3-7-11(12)18-13-8-4-1-2-6-10(8)19-14(17)20-13/h1-7H,(H,18,19,20). The summed E-state index contributed by atoms with van der Waals surface area (Å²) in [5.74, 6) is 0.642. The van der Waals surface area contributed by atoms with Crippen molar-refractivity contribution in [1.29, 1.82) is 0 Å². The minimum Gasteiger partial charge on any atom is -0.339 e. The second-order valence-electron chi connectivity index (χ2n) is 4.08. The maximum atomic E-state index is 6.08. The highest BCUT2D eigenvalue weighted by Crippen LogP contribution is 2.33. The number of hydrogen-bond donors (Lipinski definition) is 1. The van der Waals surface area contributed by atoms with Gasteiger partial charge in [-0.05, 0) is 51.8 Å². The van der Waals surface area contributed by atoms with Gasteiger partial charge in [0.25, 0.3) is 0 Å². The molecule has 1 N–H and O–H groups in total. The molecule has 100 valence electrons. The molecular formula is C14H8BrCl2N3. The lowest BCUT2D eigenvalue weighted by Crippen LogP contribution is -1.98. The van der Waals surface area contributed by atoms with E-state index in [9.17, 15) is 0 Å². The molecule has 2 aromatic carbocycles. The fraction of sp³-hybridized carbons (Fsp3) is 0. The first kappa shape index (κ1) is 13.6. The third-order valence-electron chi connectivity index (χ3n) is 2.78. The minimum atomic E-state index is 0.198. The first-order chi connectivity index (χ1) is 9.65. The fourth-order valence-corrected chi connectivity index (χ4v) is 2.59. The van der Waals surface area contributed by atoms with Crippen LogP contribution < -0.4 is 5.32 Å². The second-order valence-corrected chi connectivity index (χ2v) is 5.62. The van der Waals surface area contributed by atoms with Crippen molar-refractivity contribution >= 4 is 61.5 Å². The molecule has 0 amide bonds. The van der Waals surface area contributed by atoms with Gasteiger partial charge in [-0.3, -0.25) is 0 Å². The van der Waals surface area contributed by atoms with Crippen LogP contribution in [0.4, 0.5) is 11.5 Å². The van der Waals surface area contributed by atoms with E-state index in [1.54, 1.807) is 0 Å². The molecule has 1 aromatic heterocycles. The average Bonchev–Trinajstić information content (AvgIpc) is 2.43. The van der Waals surface area contributed by atoms with Crippen LogP contribution in [-0.2, 0) is 0 Å². The number of nitrogens with one attached hydrogen (secondary N) is 1. The summed E-state index contributed by atoms with van der Waals surface area (Å²) in [5.41, 5.74) is 1.60. The van der Waals surface area contributed by atoms with E-state index >= 15 is 0 Å². The van der Waals surface area contributed by atoms with Crippen LogP contribution in [0.1, 0.15) is 0 Å². The van der Waals surface area contributed by atoms with Gasteiger partial charge in [0, 0.05) is 5.39 Å². The van der Waals surface area contributed by atoms with Crippen molar-refractivity contribution in [2.75, 3.05) is 5.32 Å². The summed E-state index contributed by atoms with van der Waals surface area (Å²) < 4.78 is 0.778. The summed E-state index contributed by atoms with van der Waals surface area (Å²) >= 11 is 15.5. The molecule has 1 heterocycles. The van der Waals surface area contributed by atoms with Crippen LogP contribution in [0.2, 0.25) is 10.3 Å². The van der Waals surface area contributed by atoms with Crippen molar-refractivity contribution in [2.45, 2.75) is 0 Å². The zero-order valence-corrected chi connectivity index (χ0v) is 13.2. The first-order valence-corrected chi connectivity index (χ1v) is 7.33. The van der Waals surface area contributed by atoms with E-state index in [1.807, 2.05) is 42.5 Å². The molecule has 0 aliphatic heterocycles. The van der Waals surface area contributed by atoms with Crippen LogP contribution in [0.3, 0.4) is 0 Å². The van der Waals surface area contributed by atoms with E-state index < -0.39 is 0 Å². The van der Waals surface area contributed by atoms with E-state index in [4.69, 9.17) is 23.2 Å². The Labute approximate surface area is 134 Å². The van der Waals surface area contributed by atoms with Gasteiger partial charge < -0.3 is 5.32 Å². The zero-order chi connectivity index (χ0) is 14.1. The highest BCUT2D eigenvalue weighted by Gasteiger charge is 2.09. The Morgan fingerprint density at radius 2 is 1.75 bits per heavy atom. The van der Waals surface area contributed by atoms with Crippen molar-refractivity contribution < 1.29 is 0 Å². The van der Waals surface area contributed by atoms with Crippen molar-refractivity contribution in [3.63, 3.8) is 0 Å². The summed E-state index contributed by atoms with van der Waals surface area (Å²) in [5, 5.41) is 4.95. The van der Waals surface area contributed by atoms with Crippen LogP contribution in [0.15, 0.2) is 46.9 Å². The summed E-state index contributed by atoms with van der Waals surface area (Å²) in [7, 11) is 0. The first-order valence-electron chi connectivity index (χ1n) is 5.78. The molecule has 0 bridgehead atoms. The number of nitrogens with zero attached hydrogens (tertiary/aromatic N) is 2. The van der Waals surface area contributed by atoms with E-state index in [-0.39, 0.29) is 5.28 Å². The van der Waals surface area contributed by atoms with E-state index in [2.05, 4.69) is 31.2 Å². The van der Waals surface area contributed by atoms with Gasteiger partial charge in [-0.1, -0.05) is 29.8 Å². The average molecular weight is 369 g/mol. The largest absolute Gasteiger partial charge is 0.339 e. The Morgan fingerprint density at radius 1 is 0.950 bits per heavy atom. The number of benzene rings is 2. The Kier molecular flexibility index (Phi) is 3.78. The molecule has 0 fully saturated rings. The van der Waals surface area contributed by atoms with Crippen molar-refractivity contribution in [3.8, 4) is 0 Å². The molecule has 3 aromatic rings. The molecule has 3 rings (SSSR count). The predicted molar refractivity (Wildman–Crippen MR) is 87.0 cm³/mol. The van der Waals surface area contributed by atoms with E-state index in [0.717, 1.165) is 21.1 Å². The number of anilines is 2. The Morgan fingerprint density at radius 3 is 2.60 bits per heavy atom. The van der Waals surface area contributed by atoms with Crippen LogP contribution in [-0.4, -0.2) is 9.97 Å². The number of halogens is 3. The van der Waals surface area contributed by atoms with E-state index in [0.29, 0.717) is 10.8 Å². The molecule has 3 nitrogen and oxygen atoms in total. The van der Waals surface area contributed by atoms with Gasteiger partial charge >= 0.3 is 0 Å². The van der Waals surface area contributed by atoms with Gasteiger partial charge in [0.1, 0.15) is 5.82 Å². The third-order valence-corrected chi connectivity index (χ3v) is 4.35. The lowest BCUT2D eigenvalue weighted by atomic mass is 10.2. The summed E-state index contributed by atoms with van der Waals surface area (Å²) in [4.78, 5) is 8.44. The van der Waals surface area contributed by atoms with Crippen molar-refractivity contribution in [2.24, 2.45) is 0 Å². The molecule has 0 saturated heterocycles. The summed E-state index contributed by atoms with van der Waals surface area (Å²) in [6, 6.07) is 13.2. The maximum Gasteiger partial charge on any atom is 0.224 e. The SMILES string of the molecule is Clc1nc(Nc2cccc(Cl)c2Br)c2ccccc2n1. The third kappa shape index (κ3) is 2.59. The van der Waals surface area contributed by atoms with Crippen LogP contribution >= 0.6 is 39.1 Å². The second kappa shape index (κ2) is 5.56. The molecule has 0 aliphatic rings. The highest BCUT2D eigenvalue weighted by atomic mass is 79.9. The highest BCUT2D eigenvalue weighted by molar-refractivity contribution is 9.10. The Hall–Kier alpha value is -1.36. The molecule has 0 unspecified atom stereocenters. The molecule has 0 atom stereocenters. The van der Waals surface area contributed by atoms with Gasteiger partial charge in [-0.25, -0.2) is 4.98 Å². The Balaban J connectivity index is 2.13. The summed E-state index contributed by atoms with van der Waals surface area (Å²) in [6.07, 6.45) is 0. The van der Waals surface area contributed by atoms with E-state index in [1.165, 1.54) is 0 Å². The molecule has 20 heavy (non-hydrogen) atoms. The maximum absolute atomic E-state index is 6.08. The van der Waals surface area contributed by atoms with Gasteiger partial charge in [0.05, 0.1) is 20.7 Å². The smallest absolute Gasteiger partial charge is 0.224 e. The topological polar surface area (TPSA) is 37.8 Å². The molecular weight excluding hydrogens is 361 g/mol. The van der Waals surface area contributed by atoms with Gasteiger partial charge in [0.2, 0.25) is 5.28 Å². The van der Waals surface area contributed by atoms with Crippen LogP contribution in [0.5, 0.6) is 0 Å². The quantitative estimate of drug-likeness (QED) is 0.611.